The standard InChI is InChI=1S/C21H19N3O4/c1-2-14-7-8-17-16(12-27-19(17)9-14)10-20(25)23-24-21(26)13-28-18-6-4-3-5-15(18)11-22/h3-9,12H,2,10,13H2,1H3,(H,23,25)(H,24,26). The highest BCUT2D eigenvalue weighted by Crippen LogP contribution is 2.23. The Morgan fingerprint density at radius 2 is 1.93 bits per heavy atom. The van der Waals surface area contributed by atoms with Gasteiger partial charge in [-0.1, -0.05) is 31.2 Å². The van der Waals surface area contributed by atoms with Gasteiger partial charge in [-0.05, 0) is 30.2 Å². The highest BCUT2D eigenvalue weighted by Gasteiger charge is 2.12. The summed E-state index contributed by atoms with van der Waals surface area (Å²) in [7, 11) is 0. The number of rotatable bonds is 6. The van der Waals surface area contributed by atoms with Crippen molar-refractivity contribution in [3.8, 4) is 11.8 Å². The van der Waals surface area contributed by atoms with E-state index in [9.17, 15) is 9.59 Å². The van der Waals surface area contributed by atoms with Gasteiger partial charge in [-0.2, -0.15) is 5.26 Å². The number of hydrogen-bond acceptors (Lipinski definition) is 5. The summed E-state index contributed by atoms with van der Waals surface area (Å²) in [6, 6.07) is 14.5. The molecule has 3 rings (SSSR count). The molecule has 0 radical (unpaired) electrons. The number of hydrazine groups is 1. The van der Waals surface area contributed by atoms with Gasteiger partial charge in [0.05, 0.1) is 18.2 Å². The number of benzene rings is 2. The summed E-state index contributed by atoms with van der Waals surface area (Å²) in [5.41, 5.74) is 7.60. The van der Waals surface area contributed by atoms with E-state index in [2.05, 4.69) is 17.8 Å². The lowest BCUT2D eigenvalue weighted by molar-refractivity contribution is -0.129. The molecule has 0 saturated carbocycles. The Bertz CT molecular complexity index is 1050. The van der Waals surface area contributed by atoms with Crippen LogP contribution in [-0.2, 0) is 22.4 Å². The molecule has 2 N–H and O–H groups in total. The van der Waals surface area contributed by atoms with E-state index in [0.717, 1.165) is 28.5 Å². The van der Waals surface area contributed by atoms with Crippen LogP contribution in [0.15, 0.2) is 53.1 Å². The summed E-state index contributed by atoms with van der Waals surface area (Å²) < 4.78 is 10.8. The topological polar surface area (TPSA) is 104 Å². The number of para-hydroxylation sites is 1. The molecule has 7 nitrogen and oxygen atoms in total. The van der Waals surface area contributed by atoms with Gasteiger partial charge in [-0.3, -0.25) is 20.4 Å². The van der Waals surface area contributed by atoms with Gasteiger partial charge in [0.1, 0.15) is 17.4 Å². The maximum atomic E-state index is 12.1. The predicted molar refractivity (Wildman–Crippen MR) is 102 cm³/mol. The summed E-state index contributed by atoms with van der Waals surface area (Å²) in [6.45, 7) is 1.73. The second-order valence-electron chi connectivity index (χ2n) is 6.11. The van der Waals surface area contributed by atoms with Gasteiger partial charge >= 0.3 is 0 Å². The molecule has 0 unspecified atom stereocenters. The Labute approximate surface area is 161 Å². The molecule has 7 heteroatoms. The number of hydrogen-bond donors (Lipinski definition) is 2. The lowest BCUT2D eigenvalue weighted by atomic mass is 10.1. The zero-order valence-corrected chi connectivity index (χ0v) is 15.3. The first-order valence-corrected chi connectivity index (χ1v) is 8.79. The SMILES string of the molecule is CCc1ccc2c(CC(=O)NNC(=O)COc3ccccc3C#N)coc2c1. The molecule has 0 aliphatic heterocycles. The van der Waals surface area contributed by atoms with Crippen molar-refractivity contribution in [1.29, 1.82) is 5.26 Å². The van der Waals surface area contributed by atoms with E-state index in [1.54, 1.807) is 30.5 Å². The molecule has 142 valence electrons. The predicted octanol–water partition coefficient (Wildman–Crippen LogP) is 2.64. The first-order valence-electron chi connectivity index (χ1n) is 8.79. The normalized spacial score (nSPS) is 10.3. The van der Waals surface area contributed by atoms with E-state index in [4.69, 9.17) is 14.4 Å². The molecule has 0 saturated heterocycles. The molecule has 2 amide bonds. The van der Waals surface area contributed by atoms with Crippen LogP contribution in [0.2, 0.25) is 0 Å². The minimum absolute atomic E-state index is 0.0663. The molecule has 0 fully saturated rings. The van der Waals surface area contributed by atoms with Gasteiger partial charge in [0.15, 0.2) is 6.61 Å². The van der Waals surface area contributed by atoms with E-state index in [0.29, 0.717) is 11.3 Å². The van der Waals surface area contributed by atoms with Gasteiger partial charge in [0.2, 0.25) is 5.91 Å². The molecular formula is C21H19N3O4. The molecule has 2 aromatic carbocycles. The zero-order chi connectivity index (χ0) is 19.9. The molecule has 0 aliphatic rings. The molecule has 0 spiro atoms. The van der Waals surface area contributed by atoms with Gasteiger partial charge in [-0.25, -0.2) is 0 Å². The maximum absolute atomic E-state index is 12.1. The number of aryl methyl sites for hydroxylation is 1. The number of amides is 2. The number of ether oxygens (including phenoxy) is 1. The fourth-order valence-corrected chi connectivity index (χ4v) is 2.71. The number of carbonyl (C=O) groups is 2. The van der Waals surface area contributed by atoms with Gasteiger partial charge in [-0.15, -0.1) is 0 Å². The second kappa shape index (κ2) is 8.73. The number of nitrogens with one attached hydrogen (secondary N) is 2. The molecule has 0 atom stereocenters. The van der Waals surface area contributed by atoms with Crippen molar-refractivity contribution in [3.63, 3.8) is 0 Å². The van der Waals surface area contributed by atoms with E-state index in [-0.39, 0.29) is 18.9 Å². The van der Waals surface area contributed by atoms with E-state index < -0.39 is 5.91 Å². The molecular weight excluding hydrogens is 358 g/mol. The summed E-state index contributed by atoms with van der Waals surface area (Å²) >= 11 is 0. The Morgan fingerprint density at radius 1 is 1.14 bits per heavy atom. The highest BCUT2D eigenvalue weighted by molar-refractivity contribution is 5.89. The third-order valence-corrected chi connectivity index (χ3v) is 4.19. The van der Waals surface area contributed by atoms with E-state index in [1.165, 1.54) is 0 Å². The monoisotopic (exact) mass is 377 g/mol. The third-order valence-electron chi connectivity index (χ3n) is 4.19. The number of fused-ring (bicyclic) bond motifs is 1. The van der Waals surface area contributed by atoms with Crippen LogP contribution in [0.1, 0.15) is 23.6 Å². The Kier molecular flexibility index (Phi) is 5.92. The minimum Gasteiger partial charge on any atom is -0.482 e. The molecule has 3 aromatic rings. The van der Waals surface area contributed by atoms with Crippen molar-refractivity contribution < 1.29 is 18.7 Å². The average molecular weight is 377 g/mol. The zero-order valence-electron chi connectivity index (χ0n) is 15.3. The number of nitrogens with zero attached hydrogens (tertiary/aromatic N) is 1. The molecule has 1 aromatic heterocycles. The second-order valence-corrected chi connectivity index (χ2v) is 6.11. The molecule has 0 aliphatic carbocycles. The third kappa shape index (κ3) is 4.48. The van der Waals surface area contributed by atoms with Crippen LogP contribution < -0.4 is 15.6 Å². The van der Waals surface area contributed by atoms with Crippen LogP contribution in [0, 0.1) is 11.3 Å². The first-order chi connectivity index (χ1) is 13.6. The van der Waals surface area contributed by atoms with Crippen LogP contribution in [0.4, 0.5) is 0 Å². The average Bonchev–Trinajstić information content (AvgIpc) is 3.12. The lowest BCUT2D eigenvalue weighted by Crippen LogP contribution is -2.44. The quantitative estimate of drug-likeness (QED) is 0.643. The number of furan rings is 1. The lowest BCUT2D eigenvalue weighted by Gasteiger charge is -2.09. The smallest absolute Gasteiger partial charge is 0.276 e. The van der Waals surface area contributed by atoms with Gasteiger partial charge < -0.3 is 9.15 Å². The van der Waals surface area contributed by atoms with Crippen molar-refractivity contribution in [2.75, 3.05) is 6.61 Å². The molecule has 0 bridgehead atoms. The fraction of sp³-hybridized carbons (Fsp3) is 0.190. The van der Waals surface area contributed by atoms with E-state index >= 15 is 0 Å². The van der Waals surface area contributed by atoms with Crippen LogP contribution in [0.5, 0.6) is 5.75 Å². The first kappa shape index (κ1) is 19.0. The fourth-order valence-electron chi connectivity index (χ4n) is 2.71. The summed E-state index contributed by atoms with van der Waals surface area (Å²) in [5, 5.41) is 9.86. The Balaban J connectivity index is 1.50. The van der Waals surface area contributed by atoms with Crippen LogP contribution in [0.3, 0.4) is 0 Å². The summed E-state index contributed by atoms with van der Waals surface area (Å²) in [4.78, 5) is 24.0. The Hall–Kier alpha value is -3.79. The maximum Gasteiger partial charge on any atom is 0.276 e. The van der Waals surface area contributed by atoms with Gasteiger partial charge in [0.25, 0.3) is 5.91 Å². The van der Waals surface area contributed by atoms with Gasteiger partial charge in [0, 0.05) is 10.9 Å². The van der Waals surface area contributed by atoms with Crippen molar-refractivity contribution >= 4 is 22.8 Å². The van der Waals surface area contributed by atoms with Crippen molar-refractivity contribution in [1.82, 2.24) is 10.9 Å². The van der Waals surface area contributed by atoms with Crippen molar-refractivity contribution in [3.05, 3.63) is 65.4 Å². The van der Waals surface area contributed by atoms with Crippen molar-refractivity contribution in [2.24, 2.45) is 0 Å². The summed E-state index contributed by atoms with van der Waals surface area (Å²) in [5.74, 6) is -0.610. The largest absolute Gasteiger partial charge is 0.482 e. The van der Waals surface area contributed by atoms with Crippen LogP contribution in [-0.4, -0.2) is 18.4 Å². The number of nitriles is 1. The van der Waals surface area contributed by atoms with E-state index in [1.807, 2.05) is 24.3 Å². The highest BCUT2D eigenvalue weighted by atomic mass is 16.5. The minimum atomic E-state index is -0.536. The number of carbonyl (C=O) groups excluding carboxylic acids is 2. The molecule has 28 heavy (non-hydrogen) atoms. The Morgan fingerprint density at radius 3 is 2.71 bits per heavy atom. The summed E-state index contributed by atoms with van der Waals surface area (Å²) in [6.07, 6.45) is 2.52. The molecule has 1 heterocycles. The van der Waals surface area contributed by atoms with Crippen LogP contribution >= 0.6 is 0 Å². The van der Waals surface area contributed by atoms with Crippen molar-refractivity contribution in [2.45, 2.75) is 19.8 Å². The van der Waals surface area contributed by atoms with Crippen LogP contribution in [0.25, 0.3) is 11.0 Å².